The highest BCUT2D eigenvalue weighted by Gasteiger charge is 2.12. The first-order valence-corrected chi connectivity index (χ1v) is 11.1. The monoisotopic (exact) mass is 444 g/mol. The molecule has 0 spiro atoms. The van der Waals surface area contributed by atoms with Gasteiger partial charge in [-0.2, -0.15) is 0 Å². The van der Waals surface area contributed by atoms with Crippen LogP contribution >= 0.6 is 23.1 Å². The summed E-state index contributed by atoms with van der Waals surface area (Å²) < 4.78 is 6.37. The van der Waals surface area contributed by atoms with E-state index in [1.807, 2.05) is 72.8 Å². The molecule has 1 N–H and O–H groups in total. The van der Waals surface area contributed by atoms with Crippen molar-refractivity contribution < 1.29 is 9.53 Å². The van der Waals surface area contributed by atoms with Gasteiger partial charge < -0.3 is 4.74 Å². The zero-order valence-electron chi connectivity index (χ0n) is 16.2. The first-order valence-electron chi connectivity index (χ1n) is 9.51. The fraction of sp³-hybridized carbons (Fsp3) is 0.0435. The molecule has 3 aromatic carbocycles. The summed E-state index contributed by atoms with van der Waals surface area (Å²) in [7, 11) is 0. The third kappa shape index (κ3) is 4.50. The van der Waals surface area contributed by atoms with Crippen LogP contribution in [0.1, 0.15) is 0 Å². The van der Waals surface area contributed by atoms with Crippen LogP contribution in [0.3, 0.4) is 0 Å². The highest BCUT2D eigenvalue weighted by molar-refractivity contribution is 8.01. The highest BCUT2D eigenvalue weighted by Crippen LogP contribution is 2.35. The first-order chi connectivity index (χ1) is 15.2. The average Bonchev–Trinajstić information content (AvgIpc) is 3.24. The van der Waals surface area contributed by atoms with Gasteiger partial charge in [0.25, 0.3) is 5.91 Å². The van der Waals surface area contributed by atoms with Crippen molar-refractivity contribution in [2.45, 2.75) is 9.24 Å². The lowest BCUT2D eigenvalue weighted by atomic mass is 10.1. The number of pyridine rings is 1. The number of para-hydroxylation sites is 1. The molecule has 1 amide bonds. The van der Waals surface area contributed by atoms with Crippen molar-refractivity contribution in [3.8, 4) is 5.75 Å². The van der Waals surface area contributed by atoms with E-state index < -0.39 is 0 Å². The van der Waals surface area contributed by atoms with Crippen molar-refractivity contribution in [3.63, 3.8) is 0 Å². The molecular formula is C23H16N4O2S2. The van der Waals surface area contributed by atoms with Gasteiger partial charge in [-0.05, 0) is 35.0 Å². The van der Waals surface area contributed by atoms with Gasteiger partial charge in [-0.1, -0.05) is 71.6 Å². The topological polar surface area (TPSA) is 77.0 Å². The highest BCUT2D eigenvalue weighted by atomic mass is 32.2. The minimum atomic E-state index is -0.282. The molecule has 5 rings (SSSR count). The second-order valence-electron chi connectivity index (χ2n) is 6.65. The molecule has 0 aliphatic rings. The number of amides is 1. The van der Waals surface area contributed by atoms with E-state index in [9.17, 15) is 4.79 Å². The second-order valence-corrected chi connectivity index (χ2v) is 8.91. The summed E-state index contributed by atoms with van der Waals surface area (Å²) in [5.74, 6) is 0.363. The Hall–Kier alpha value is -3.49. The molecule has 0 radical (unpaired) electrons. The van der Waals surface area contributed by atoms with E-state index in [2.05, 4.69) is 20.5 Å². The smallest absolute Gasteiger partial charge is 0.264 e. The number of anilines is 1. The maximum Gasteiger partial charge on any atom is 0.264 e. The summed E-state index contributed by atoms with van der Waals surface area (Å²) in [6.07, 6.45) is 1.78. The molecular weight excluding hydrogens is 428 g/mol. The Morgan fingerprint density at radius 2 is 1.81 bits per heavy atom. The molecule has 0 fully saturated rings. The van der Waals surface area contributed by atoms with Gasteiger partial charge >= 0.3 is 0 Å². The molecule has 0 aliphatic carbocycles. The standard InChI is InChI=1S/C23H16N4O2S2/c28-21(14-29-17-10-9-15-5-1-2-6-16(15)13-17)25-22-26-27-23(31-22)30-20-11-12-24-19-8-4-3-7-18(19)20/h1-13H,14H2,(H,25,26,28). The Bertz CT molecular complexity index is 1380. The molecule has 0 saturated carbocycles. The number of nitrogens with one attached hydrogen (secondary N) is 1. The van der Waals surface area contributed by atoms with Gasteiger partial charge in [0.15, 0.2) is 10.9 Å². The molecule has 8 heteroatoms. The van der Waals surface area contributed by atoms with Crippen LogP contribution in [0.4, 0.5) is 5.13 Å². The number of aromatic nitrogens is 3. The van der Waals surface area contributed by atoms with Crippen LogP contribution in [0, 0.1) is 0 Å². The van der Waals surface area contributed by atoms with E-state index in [-0.39, 0.29) is 12.5 Å². The van der Waals surface area contributed by atoms with Gasteiger partial charge in [0.2, 0.25) is 5.13 Å². The minimum absolute atomic E-state index is 0.102. The predicted octanol–water partition coefficient (Wildman–Crippen LogP) is 5.41. The Balaban J connectivity index is 1.21. The van der Waals surface area contributed by atoms with Crippen molar-refractivity contribution in [1.29, 1.82) is 0 Å². The maximum atomic E-state index is 12.3. The third-order valence-corrected chi connectivity index (χ3v) is 6.52. The van der Waals surface area contributed by atoms with Crippen LogP contribution in [0.25, 0.3) is 21.7 Å². The van der Waals surface area contributed by atoms with Crippen molar-refractivity contribution in [2.24, 2.45) is 0 Å². The number of hydrogen-bond donors (Lipinski definition) is 1. The summed E-state index contributed by atoms with van der Waals surface area (Å²) >= 11 is 2.82. The lowest BCUT2D eigenvalue weighted by Gasteiger charge is -2.06. The first kappa shape index (κ1) is 19.5. The lowest BCUT2D eigenvalue weighted by molar-refractivity contribution is -0.118. The van der Waals surface area contributed by atoms with E-state index in [0.29, 0.717) is 10.9 Å². The fourth-order valence-electron chi connectivity index (χ4n) is 3.12. The second kappa shape index (κ2) is 8.71. The molecule has 6 nitrogen and oxygen atoms in total. The van der Waals surface area contributed by atoms with Gasteiger partial charge in [0.05, 0.1) is 5.52 Å². The van der Waals surface area contributed by atoms with Crippen LogP contribution in [-0.4, -0.2) is 27.7 Å². The van der Waals surface area contributed by atoms with Crippen molar-refractivity contribution >= 4 is 55.8 Å². The van der Waals surface area contributed by atoms with E-state index in [1.165, 1.54) is 23.1 Å². The number of rotatable bonds is 6. The van der Waals surface area contributed by atoms with Gasteiger partial charge in [-0.25, -0.2) is 0 Å². The van der Waals surface area contributed by atoms with E-state index >= 15 is 0 Å². The number of nitrogens with zero attached hydrogens (tertiary/aromatic N) is 3. The number of ether oxygens (including phenoxy) is 1. The Morgan fingerprint density at radius 1 is 0.968 bits per heavy atom. The Morgan fingerprint density at radius 3 is 2.74 bits per heavy atom. The molecule has 0 aliphatic heterocycles. The van der Waals surface area contributed by atoms with Gasteiger partial charge in [0, 0.05) is 16.5 Å². The minimum Gasteiger partial charge on any atom is -0.484 e. The normalized spacial score (nSPS) is 11.0. The summed E-state index contributed by atoms with van der Waals surface area (Å²) in [6.45, 7) is -0.102. The van der Waals surface area contributed by atoms with Crippen LogP contribution in [0.15, 0.2) is 88.2 Å². The van der Waals surface area contributed by atoms with E-state index in [0.717, 1.165) is 30.9 Å². The van der Waals surface area contributed by atoms with Crippen LogP contribution in [-0.2, 0) is 4.79 Å². The molecule has 2 heterocycles. The van der Waals surface area contributed by atoms with Crippen molar-refractivity contribution in [1.82, 2.24) is 15.2 Å². The van der Waals surface area contributed by atoms with Crippen LogP contribution < -0.4 is 10.1 Å². The molecule has 0 saturated heterocycles. The van der Waals surface area contributed by atoms with Crippen LogP contribution in [0.5, 0.6) is 5.75 Å². The Kier molecular flexibility index (Phi) is 5.47. The Labute approximate surface area is 186 Å². The molecule has 0 unspecified atom stereocenters. The molecule has 152 valence electrons. The predicted molar refractivity (Wildman–Crippen MR) is 124 cm³/mol. The van der Waals surface area contributed by atoms with Crippen LogP contribution in [0.2, 0.25) is 0 Å². The number of carbonyl (C=O) groups excluding carboxylic acids is 1. The van der Waals surface area contributed by atoms with E-state index in [4.69, 9.17) is 4.74 Å². The number of benzene rings is 3. The van der Waals surface area contributed by atoms with Crippen molar-refractivity contribution in [3.05, 3.63) is 79.0 Å². The average molecular weight is 445 g/mol. The van der Waals surface area contributed by atoms with Gasteiger partial charge in [0.1, 0.15) is 5.75 Å². The largest absolute Gasteiger partial charge is 0.484 e. The summed E-state index contributed by atoms with van der Waals surface area (Å²) in [4.78, 5) is 17.7. The molecule has 0 atom stereocenters. The SMILES string of the molecule is O=C(COc1ccc2ccccc2c1)Nc1nnc(Sc2ccnc3ccccc23)s1. The molecule has 31 heavy (non-hydrogen) atoms. The number of carbonyl (C=O) groups is 1. The lowest BCUT2D eigenvalue weighted by Crippen LogP contribution is -2.20. The van der Waals surface area contributed by atoms with Gasteiger partial charge in [-0.15, -0.1) is 10.2 Å². The number of fused-ring (bicyclic) bond motifs is 2. The fourth-order valence-corrected chi connectivity index (χ4v) is 4.96. The summed E-state index contributed by atoms with van der Waals surface area (Å²) in [5.41, 5.74) is 0.927. The number of hydrogen-bond acceptors (Lipinski definition) is 7. The van der Waals surface area contributed by atoms with Crippen molar-refractivity contribution in [2.75, 3.05) is 11.9 Å². The maximum absolute atomic E-state index is 12.3. The zero-order valence-corrected chi connectivity index (χ0v) is 17.8. The molecule has 0 bridgehead atoms. The molecule has 5 aromatic rings. The summed E-state index contributed by atoms with van der Waals surface area (Å²) in [5, 5.41) is 14.7. The zero-order chi connectivity index (χ0) is 21.0. The summed E-state index contributed by atoms with van der Waals surface area (Å²) in [6, 6.07) is 23.6. The quantitative estimate of drug-likeness (QED) is 0.353. The van der Waals surface area contributed by atoms with E-state index in [1.54, 1.807) is 6.20 Å². The molecule has 2 aromatic heterocycles. The van der Waals surface area contributed by atoms with Gasteiger partial charge in [-0.3, -0.25) is 15.1 Å². The third-order valence-electron chi connectivity index (χ3n) is 4.55.